The molecule has 4 N–H and O–H groups in total. The summed E-state index contributed by atoms with van der Waals surface area (Å²) in [5.41, 5.74) is 10.2. The Morgan fingerprint density at radius 2 is 2.00 bits per heavy atom. The molecule has 0 aliphatic heterocycles. The van der Waals surface area contributed by atoms with Gasteiger partial charge < -0.3 is 11.5 Å². The first-order chi connectivity index (χ1) is 4.57. The summed E-state index contributed by atoms with van der Waals surface area (Å²) in [6, 6.07) is -0.560. The maximum atomic E-state index is 10.7. The Hall–Kier alpha value is -0.740. The van der Waals surface area contributed by atoms with Crippen molar-refractivity contribution in [2.24, 2.45) is 11.5 Å². The van der Waals surface area contributed by atoms with E-state index in [9.17, 15) is 9.59 Å². The van der Waals surface area contributed by atoms with E-state index in [1.807, 2.05) is 0 Å². The molecule has 0 aromatic carbocycles. The second-order valence-electron chi connectivity index (χ2n) is 2.17. The van der Waals surface area contributed by atoms with Crippen molar-refractivity contribution in [2.75, 3.05) is 6.54 Å². The summed E-state index contributed by atoms with van der Waals surface area (Å²) in [7, 11) is 0. The molecule has 0 amide bonds. The second-order valence-corrected chi connectivity index (χ2v) is 2.17. The quantitative estimate of drug-likeness (QED) is 0.486. The summed E-state index contributed by atoms with van der Waals surface area (Å²) in [5, 5.41) is 0. The molecule has 4 heteroatoms. The number of carbonyl (C=O) groups excluding carboxylic acids is 2. The first-order valence-corrected chi connectivity index (χ1v) is 3.08. The summed E-state index contributed by atoms with van der Waals surface area (Å²) in [6.07, 6.45) is -0.131. The van der Waals surface area contributed by atoms with Crippen molar-refractivity contribution in [3.63, 3.8) is 0 Å². The Balaban J connectivity index is 3.69. The maximum absolute atomic E-state index is 10.7. The highest BCUT2D eigenvalue weighted by atomic mass is 16.1. The Morgan fingerprint density at radius 3 is 2.30 bits per heavy atom. The third-order valence-corrected chi connectivity index (χ3v) is 1.11. The Kier molecular flexibility index (Phi) is 3.83. The molecule has 0 aromatic heterocycles. The molecule has 0 saturated carbocycles. The molecule has 0 rings (SSSR count). The minimum atomic E-state index is -0.560. The monoisotopic (exact) mass is 144 g/mol. The van der Waals surface area contributed by atoms with Gasteiger partial charge in [-0.15, -0.1) is 0 Å². The molecule has 1 atom stereocenters. The van der Waals surface area contributed by atoms with Crippen LogP contribution in [-0.2, 0) is 9.59 Å². The van der Waals surface area contributed by atoms with Gasteiger partial charge in [-0.05, 0) is 6.92 Å². The van der Waals surface area contributed by atoms with Crippen molar-refractivity contribution in [1.29, 1.82) is 0 Å². The van der Waals surface area contributed by atoms with Crippen LogP contribution in [0.4, 0.5) is 0 Å². The topological polar surface area (TPSA) is 86.2 Å². The van der Waals surface area contributed by atoms with Crippen LogP contribution in [0.15, 0.2) is 0 Å². The summed E-state index contributed by atoms with van der Waals surface area (Å²) in [5.74, 6) is -0.516. The van der Waals surface area contributed by atoms with Crippen LogP contribution in [0.1, 0.15) is 13.3 Å². The normalized spacial score (nSPS) is 12.7. The second kappa shape index (κ2) is 4.14. The van der Waals surface area contributed by atoms with Crippen molar-refractivity contribution in [2.45, 2.75) is 19.4 Å². The van der Waals surface area contributed by atoms with Gasteiger partial charge in [0.25, 0.3) is 0 Å². The number of carbonyl (C=O) groups is 2. The van der Waals surface area contributed by atoms with Crippen molar-refractivity contribution in [3.8, 4) is 0 Å². The molecule has 10 heavy (non-hydrogen) atoms. The van der Waals surface area contributed by atoms with Gasteiger partial charge in [0.15, 0.2) is 11.6 Å². The van der Waals surface area contributed by atoms with Crippen molar-refractivity contribution < 1.29 is 9.59 Å². The summed E-state index contributed by atoms with van der Waals surface area (Å²) < 4.78 is 0. The number of ketones is 2. The molecule has 1 unspecified atom stereocenters. The molecular weight excluding hydrogens is 132 g/mol. The van der Waals surface area contributed by atoms with Crippen molar-refractivity contribution >= 4 is 11.6 Å². The average molecular weight is 144 g/mol. The largest absolute Gasteiger partial charge is 0.324 e. The minimum absolute atomic E-state index is 0.0849. The van der Waals surface area contributed by atoms with Gasteiger partial charge >= 0.3 is 0 Å². The van der Waals surface area contributed by atoms with Gasteiger partial charge in [0, 0.05) is 0 Å². The lowest BCUT2D eigenvalue weighted by molar-refractivity contribution is -0.126. The Bertz CT molecular complexity index is 143. The van der Waals surface area contributed by atoms with Crippen LogP contribution in [-0.4, -0.2) is 24.2 Å². The lowest BCUT2D eigenvalue weighted by Crippen LogP contribution is -2.30. The Labute approximate surface area is 59.6 Å². The van der Waals surface area contributed by atoms with Gasteiger partial charge in [-0.1, -0.05) is 0 Å². The van der Waals surface area contributed by atoms with E-state index in [1.54, 1.807) is 6.92 Å². The van der Waals surface area contributed by atoms with Crippen LogP contribution in [0.5, 0.6) is 0 Å². The van der Waals surface area contributed by atoms with Gasteiger partial charge in [0.05, 0.1) is 19.0 Å². The van der Waals surface area contributed by atoms with Crippen LogP contribution >= 0.6 is 0 Å². The van der Waals surface area contributed by atoms with Crippen LogP contribution in [0.2, 0.25) is 0 Å². The number of rotatable bonds is 4. The number of hydrogen-bond donors (Lipinski definition) is 2. The van der Waals surface area contributed by atoms with E-state index in [1.165, 1.54) is 0 Å². The predicted molar refractivity (Wildman–Crippen MR) is 37.3 cm³/mol. The molecular formula is C6H12N2O2. The van der Waals surface area contributed by atoms with E-state index < -0.39 is 6.04 Å². The van der Waals surface area contributed by atoms with E-state index in [-0.39, 0.29) is 24.5 Å². The van der Waals surface area contributed by atoms with Gasteiger partial charge in [0.2, 0.25) is 0 Å². The van der Waals surface area contributed by atoms with E-state index >= 15 is 0 Å². The highest BCUT2D eigenvalue weighted by molar-refractivity contribution is 6.01. The average Bonchev–Trinajstić information content (AvgIpc) is 1.87. The summed E-state index contributed by atoms with van der Waals surface area (Å²) in [4.78, 5) is 21.2. The van der Waals surface area contributed by atoms with Gasteiger partial charge in [-0.2, -0.15) is 0 Å². The zero-order valence-corrected chi connectivity index (χ0v) is 5.96. The molecule has 0 fully saturated rings. The van der Waals surface area contributed by atoms with E-state index in [2.05, 4.69) is 0 Å². The zero-order chi connectivity index (χ0) is 8.15. The highest BCUT2D eigenvalue weighted by Gasteiger charge is 2.11. The summed E-state index contributed by atoms with van der Waals surface area (Å²) >= 11 is 0. The van der Waals surface area contributed by atoms with Gasteiger partial charge in [0.1, 0.15) is 0 Å². The first-order valence-electron chi connectivity index (χ1n) is 3.08. The number of nitrogens with two attached hydrogens (primary N) is 2. The lowest BCUT2D eigenvalue weighted by atomic mass is 10.1. The Morgan fingerprint density at radius 1 is 1.50 bits per heavy atom. The van der Waals surface area contributed by atoms with E-state index in [0.717, 1.165) is 0 Å². The van der Waals surface area contributed by atoms with Crippen molar-refractivity contribution in [3.05, 3.63) is 0 Å². The first kappa shape index (κ1) is 9.26. The van der Waals surface area contributed by atoms with E-state index in [0.29, 0.717) is 0 Å². The van der Waals surface area contributed by atoms with E-state index in [4.69, 9.17) is 11.5 Å². The summed E-state index contributed by atoms with van der Waals surface area (Å²) in [6.45, 7) is 1.46. The molecule has 0 aromatic rings. The molecule has 0 heterocycles. The fourth-order valence-electron chi connectivity index (χ4n) is 0.427. The number of Topliss-reactive ketones (excluding diaryl/α,β-unsaturated/α-hetero) is 2. The smallest absolute Gasteiger partial charge is 0.156 e. The third-order valence-electron chi connectivity index (χ3n) is 1.11. The SMILES string of the molecule is CC(N)C(=O)CC(=O)CN. The lowest BCUT2D eigenvalue weighted by Gasteiger charge is -2.00. The fourth-order valence-corrected chi connectivity index (χ4v) is 0.427. The highest BCUT2D eigenvalue weighted by Crippen LogP contribution is 1.87. The van der Waals surface area contributed by atoms with Crippen LogP contribution in [0.25, 0.3) is 0 Å². The molecule has 0 aliphatic rings. The van der Waals surface area contributed by atoms with Crippen molar-refractivity contribution in [1.82, 2.24) is 0 Å². The molecule has 0 bridgehead atoms. The van der Waals surface area contributed by atoms with Crippen LogP contribution < -0.4 is 11.5 Å². The minimum Gasteiger partial charge on any atom is -0.324 e. The standard InChI is InChI=1S/C6H12N2O2/c1-4(8)6(10)2-5(9)3-7/h4H,2-3,7-8H2,1H3. The maximum Gasteiger partial charge on any atom is 0.156 e. The number of hydrogen-bond acceptors (Lipinski definition) is 4. The molecule has 0 aliphatic carbocycles. The van der Waals surface area contributed by atoms with Gasteiger partial charge in [-0.3, -0.25) is 9.59 Å². The predicted octanol–water partition coefficient (Wildman–Crippen LogP) is -1.18. The molecule has 58 valence electrons. The molecule has 0 saturated heterocycles. The van der Waals surface area contributed by atoms with Gasteiger partial charge in [-0.25, -0.2) is 0 Å². The molecule has 0 radical (unpaired) electrons. The molecule has 0 spiro atoms. The fraction of sp³-hybridized carbons (Fsp3) is 0.667. The van der Waals surface area contributed by atoms with Crippen LogP contribution in [0, 0.1) is 0 Å². The van der Waals surface area contributed by atoms with Crippen LogP contribution in [0.3, 0.4) is 0 Å². The molecule has 4 nitrogen and oxygen atoms in total. The third kappa shape index (κ3) is 3.32. The zero-order valence-electron chi connectivity index (χ0n) is 5.96.